The largest absolute Gasteiger partial charge is 0.381 e. The number of carbonyl (C=O) groups excluding carboxylic acids is 1. The minimum Gasteiger partial charge on any atom is -0.381 e. The van der Waals surface area contributed by atoms with Crippen LogP contribution in [0.2, 0.25) is 0 Å². The second-order valence-electron chi connectivity index (χ2n) is 7.77. The topological polar surface area (TPSA) is 101 Å². The number of rotatable bonds is 0. The highest BCUT2D eigenvalue weighted by Crippen LogP contribution is 2.37. The first-order chi connectivity index (χ1) is 14.0. The molecule has 5 heterocycles. The fraction of sp³-hybridized carbons (Fsp3) is 0.400. The molecule has 2 unspecified atom stereocenters. The molecule has 8 nitrogen and oxygen atoms in total. The molecule has 5 rings (SSSR count). The molecule has 0 saturated carbocycles. The molecule has 150 valence electrons. The van der Waals surface area contributed by atoms with Crippen molar-refractivity contribution < 1.29 is 9.18 Å². The Bertz CT molecular complexity index is 1110. The van der Waals surface area contributed by atoms with Crippen molar-refractivity contribution in [3.8, 4) is 0 Å². The summed E-state index contributed by atoms with van der Waals surface area (Å²) in [6.07, 6.45) is 6.21. The number of halogens is 1. The van der Waals surface area contributed by atoms with Gasteiger partial charge in [0.05, 0.1) is 12.2 Å². The molecule has 29 heavy (non-hydrogen) atoms. The predicted octanol–water partition coefficient (Wildman–Crippen LogP) is 2.25. The molecule has 2 bridgehead atoms. The van der Waals surface area contributed by atoms with Gasteiger partial charge in [-0.25, -0.2) is 13.9 Å². The van der Waals surface area contributed by atoms with Crippen molar-refractivity contribution in [2.24, 2.45) is 0 Å². The van der Waals surface area contributed by atoms with Crippen molar-refractivity contribution in [3.05, 3.63) is 47.2 Å². The standard InChI is InChI=1S/C20H22FN7O/c1-11-4-5-14-13(9-12(21)10-23-14)15-3-2-7-27(15)16-6-8-28-19(25-16)17(18(22)26-28)20(29)24-11/h6,8-11,15H,2-5,7H2,1H3,(H2,22,26)(H,24,29). The third-order valence-corrected chi connectivity index (χ3v) is 5.79. The van der Waals surface area contributed by atoms with Crippen molar-refractivity contribution in [3.63, 3.8) is 0 Å². The summed E-state index contributed by atoms with van der Waals surface area (Å²) in [5.41, 5.74) is 8.51. The maximum atomic E-state index is 14.1. The maximum Gasteiger partial charge on any atom is 0.259 e. The van der Waals surface area contributed by atoms with Gasteiger partial charge in [0.25, 0.3) is 5.91 Å². The Balaban J connectivity index is 1.70. The Morgan fingerprint density at radius 3 is 3.07 bits per heavy atom. The number of fused-ring (bicyclic) bond motifs is 5. The van der Waals surface area contributed by atoms with Gasteiger partial charge in [0.1, 0.15) is 17.2 Å². The van der Waals surface area contributed by atoms with Crippen LogP contribution in [0.5, 0.6) is 0 Å². The van der Waals surface area contributed by atoms with Crippen molar-refractivity contribution >= 4 is 23.2 Å². The quantitative estimate of drug-likeness (QED) is 0.605. The molecule has 3 aromatic rings. The first-order valence-corrected chi connectivity index (χ1v) is 9.88. The molecule has 3 N–H and O–H groups in total. The molecule has 0 spiro atoms. The lowest BCUT2D eigenvalue weighted by Gasteiger charge is -2.27. The molecular weight excluding hydrogens is 373 g/mol. The molecule has 0 radical (unpaired) electrons. The molecule has 0 aromatic carbocycles. The molecule has 2 aliphatic heterocycles. The number of aromatic nitrogens is 4. The van der Waals surface area contributed by atoms with E-state index in [9.17, 15) is 9.18 Å². The zero-order valence-corrected chi connectivity index (χ0v) is 16.1. The van der Waals surface area contributed by atoms with E-state index in [0.717, 1.165) is 36.5 Å². The highest BCUT2D eigenvalue weighted by Gasteiger charge is 2.31. The molecule has 1 fully saturated rings. The molecule has 2 aliphatic rings. The zero-order chi connectivity index (χ0) is 20.1. The van der Waals surface area contributed by atoms with E-state index in [-0.39, 0.29) is 35.2 Å². The third kappa shape index (κ3) is 2.97. The number of amides is 1. The van der Waals surface area contributed by atoms with E-state index in [0.29, 0.717) is 18.5 Å². The summed E-state index contributed by atoms with van der Waals surface area (Å²) < 4.78 is 15.6. The number of hydrogen-bond donors (Lipinski definition) is 2. The van der Waals surface area contributed by atoms with Gasteiger partial charge >= 0.3 is 0 Å². The summed E-state index contributed by atoms with van der Waals surface area (Å²) in [6, 6.07) is 3.33. The molecule has 2 atom stereocenters. The zero-order valence-electron chi connectivity index (χ0n) is 16.1. The summed E-state index contributed by atoms with van der Waals surface area (Å²) in [7, 11) is 0. The Kier molecular flexibility index (Phi) is 4.11. The summed E-state index contributed by atoms with van der Waals surface area (Å²) in [5.74, 6) is 0.241. The number of nitrogens with zero attached hydrogens (tertiary/aromatic N) is 5. The summed E-state index contributed by atoms with van der Waals surface area (Å²) in [6.45, 7) is 2.73. The van der Waals surface area contributed by atoms with Crippen LogP contribution in [0, 0.1) is 5.82 Å². The van der Waals surface area contributed by atoms with Crippen LogP contribution in [0.25, 0.3) is 5.65 Å². The first kappa shape index (κ1) is 17.8. The number of aryl methyl sites for hydroxylation is 1. The minimum atomic E-state index is -0.337. The summed E-state index contributed by atoms with van der Waals surface area (Å²) in [4.78, 5) is 24.2. The number of nitrogen functional groups attached to an aromatic ring is 1. The van der Waals surface area contributed by atoms with E-state index in [1.165, 1.54) is 10.7 Å². The average Bonchev–Trinajstić information content (AvgIpc) is 3.29. The molecule has 1 amide bonds. The first-order valence-electron chi connectivity index (χ1n) is 9.88. The normalized spacial score (nSPS) is 21.9. The van der Waals surface area contributed by atoms with Gasteiger partial charge in [-0.1, -0.05) is 0 Å². The number of anilines is 2. The lowest BCUT2D eigenvalue weighted by molar-refractivity contribution is 0.0940. The van der Waals surface area contributed by atoms with Crippen LogP contribution in [-0.4, -0.2) is 38.1 Å². The second kappa shape index (κ2) is 6.68. The number of nitrogens with one attached hydrogen (secondary N) is 1. The number of carbonyl (C=O) groups is 1. The van der Waals surface area contributed by atoms with E-state index in [1.54, 1.807) is 12.3 Å². The van der Waals surface area contributed by atoms with Crippen molar-refractivity contribution in [2.45, 2.75) is 44.7 Å². The fourth-order valence-corrected chi connectivity index (χ4v) is 4.38. The Morgan fingerprint density at radius 1 is 1.34 bits per heavy atom. The van der Waals surface area contributed by atoms with Gasteiger partial charge < -0.3 is 16.0 Å². The van der Waals surface area contributed by atoms with Crippen LogP contribution < -0.4 is 16.0 Å². The second-order valence-corrected chi connectivity index (χ2v) is 7.77. The van der Waals surface area contributed by atoms with Gasteiger partial charge in [-0.2, -0.15) is 0 Å². The van der Waals surface area contributed by atoms with Gasteiger partial charge in [0.15, 0.2) is 11.5 Å². The smallest absolute Gasteiger partial charge is 0.259 e. The summed E-state index contributed by atoms with van der Waals surface area (Å²) >= 11 is 0. The van der Waals surface area contributed by atoms with Gasteiger partial charge in [-0.3, -0.25) is 9.78 Å². The number of nitrogens with two attached hydrogens (primary N) is 1. The fourth-order valence-electron chi connectivity index (χ4n) is 4.38. The van der Waals surface area contributed by atoms with Crippen LogP contribution in [0.15, 0.2) is 24.5 Å². The Labute approximate surface area is 166 Å². The van der Waals surface area contributed by atoms with Crippen LogP contribution in [0.1, 0.15) is 53.8 Å². The van der Waals surface area contributed by atoms with Crippen molar-refractivity contribution in [1.29, 1.82) is 0 Å². The van der Waals surface area contributed by atoms with Crippen LogP contribution >= 0.6 is 0 Å². The highest BCUT2D eigenvalue weighted by atomic mass is 19.1. The van der Waals surface area contributed by atoms with Crippen molar-refractivity contribution in [1.82, 2.24) is 24.9 Å². The average molecular weight is 395 g/mol. The molecular formula is C20H22FN7O. The lowest BCUT2D eigenvalue weighted by atomic mass is 9.98. The van der Waals surface area contributed by atoms with Crippen LogP contribution in [-0.2, 0) is 6.42 Å². The van der Waals surface area contributed by atoms with E-state index < -0.39 is 0 Å². The minimum absolute atomic E-state index is 0.00779. The van der Waals surface area contributed by atoms with Crippen LogP contribution in [0.3, 0.4) is 0 Å². The third-order valence-electron chi connectivity index (χ3n) is 5.79. The molecule has 9 heteroatoms. The molecule has 3 aromatic heterocycles. The van der Waals surface area contributed by atoms with Crippen LogP contribution in [0.4, 0.5) is 16.0 Å². The Hall–Kier alpha value is -3.23. The van der Waals surface area contributed by atoms with Gasteiger partial charge in [0.2, 0.25) is 0 Å². The van der Waals surface area contributed by atoms with E-state index in [4.69, 9.17) is 10.7 Å². The monoisotopic (exact) mass is 395 g/mol. The highest BCUT2D eigenvalue weighted by molar-refractivity contribution is 6.04. The van der Waals surface area contributed by atoms with E-state index in [2.05, 4.69) is 20.3 Å². The van der Waals surface area contributed by atoms with Crippen molar-refractivity contribution in [2.75, 3.05) is 17.2 Å². The van der Waals surface area contributed by atoms with E-state index >= 15 is 0 Å². The SMILES string of the molecule is CC1CCc2ncc(F)cc2C2CCCN2c2ccn3nc(N)c(c3n2)C(=O)N1. The van der Waals surface area contributed by atoms with E-state index in [1.807, 2.05) is 13.0 Å². The maximum absolute atomic E-state index is 14.1. The number of pyridine rings is 1. The van der Waals surface area contributed by atoms with Gasteiger partial charge in [-0.05, 0) is 50.3 Å². The Morgan fingerprint density at radius 2 is 2.21 bits per heavy atom. The predicted molar refractivity (Wildman–Crippen MR) is 106 cm³/mol. The number of hydrogen-bond acceptors (Lipinski definition) is 6. The van der Waals surface area contributed by atoms with Gasteiger partial charge in [-0.15, -0.1) is 5.10 Å². The lowest BCUT2D eigenvalue weighted by Crippen LogP contribution is -2.33. The van der Waals surface area contributed by atoms with Gasteiger partial charge in [0, 0.05) is 24.5 Å². The summed E-state index contributed by atoms with van der Waals surface area (Å²) in [5, 5.41) is 7.21. The molecule has 0 aliphatic carbocycles. The molecule has 1 saturated heterocycles.